The van der Waals surface area contributed by atoms with E-state index in [0.717, 1.165) is 18.7 Å². The van der Waals surface area contributed by atoms with Crippen LogP contribution in [0.4, 0.5) is 5.69 Å². The Morgan fingerprint density at radius 1 is 1.53 bits per heavy atom. The Balaban J connectivity index is 1.71. The average Bonchev–Trinajstić information content (AvgIpc) is 2.88. The molecule has 5 nitrogen and oxygen atoms in total. The number of fused-ring (bicyclic) bond motifs is 1. The summed E-state index contributed by atoms with van der Waals surface area (Å²) < 4.78 is 2.08. The van der Waals surface area contributed by atoms with Gasteiger partial charge in [-0.25, -0.2) is 9.97 Å². The number of anilines is 1. The lowest BCUT2D eigenvalue weighted by Crippen LogP contribution is -2.30. The number of amides is 1. The first-order chi connectivity index (χ1) is 9.24. The van der Waals surface area contributed by atoms with Crippen LogP contribution in [-0.2, 0) is 17.8 Å². The van der Waals surface area contributed by atoms with Gasteiger partial charge in [-0.1, -0.05) is 11.6 Å². The number of aromatic nitrogens is 3. The molecule has 0 aliphatic carbocycles. The average molecular weight is 277 g/mol. The summed E-state index contributed by atoms with van der Waals surface area (Å²) in [6.07, 6.45) is 6.74. The molecule has 1 atom stereocenters. The molecule has 3 heterocycles. The first-order valence-electron chi connectivity index (χ1n) is 6.14. The van der Waals surface area contributed by atoms with E-state index in [1.54, 1.807) is 24.7 Å². The minimum atomic E-state index is -0.0412. The maximum absolute atomic E-state index is 12.2. The highest BCUT2D eigenvalue weighted by molar-refractivity contribution is 6.32. The summed E-state index contributed by atoms with van der Waals surface area (Å²) in [5.41, 5.74) is 1.66. The molecule has 1 aliphatic heterocycles. The van der Waals surface area contributed by atoms with Gasteiger partial charge in [-0.05, 0) is 18.6 Å². The SMILES string of the molecule is O=C(Nc1cccnc1Cl)C1CCn2cncc2C1. The van der Waals surface area contributed by atoms with Crippen molar-refractivity contribution in [1.82, 2.24) is 14.5 Å². The van der Waals surface area contributed by atoms with Gasteiger partial charge in [-0.3, -0.25) is 4.79 Å². The summed E-state index contributed by atoms with van der Waals surface area (Å²) in [5, 5.41) is 3.16. The van der Waals surface area contributed by atoms with Gasteiger partial charge in [0.25, 0.3) is 0 Å². The number of carbonyl (C=O) groups excluding carboxylic acids is 1. The molecule has 0 saturated carbocycles. The standard InChI is InChI=1S/C13H13ClN4O/c14-12-11(2-1-4-16-12)17-13(19)9-3-5-18-8-15-7-10(18)6-9/h1-2,4,7-9H,3,5-6H2,(H,17,19). The molecule has 6 heteroatoms. The molecule has 0 radical (unpaired) electrons. The number of carbonyl (C=O) groups is 1. The Bertz CT molecular complexity index is 610. The van der Waals surface area contributed by atoms with Crippen LogP contribution in [0, 0.1) is 5.92 Å². The predicted octanol–water partition coefficient (Wildman–Crippen LogP) is 2.13. The highest BCUT2D eigenvalue weighted by Crippen LogP contribution is 2.23. The van der Waals surface area contributed by atoms with Gasteiger partial charge in [0, 0.05) is 37.0 Å². The van der Waals surface area contributed by atoms with E-state index in [1.165, 1.54) is 0 Å². The largest absolute Gasteiger partial charge is 0.335 e. The van der Waals surface area contributed by atoms with E-state index in [1.807, 2.05) is 6.20 Å². The Morgan fingerprint density at radius 3 is 3.26 bits per heavy atom. The van der Waals surface area contributed by atoms with Crippen LogP contribution in [0.1, 0.15) is 12.1 Å². The summed E-state index contributed by atoms with van der Waals surface area (Å²) in [4.78, 5) is 20.3. The molecule has 0 bridgehead atoms. The molecule has 2 aromatic rings. The number of pyridine rings is 1. The second kappa shape index (κ2) is 5.01. The minimum Gasteiger partial charge on any atom is -0.335 e. The molecule has 2 aromatic heterocycles. The van der Waals surface area contributed by atoms with Crippen LogP contribution in [0.25, 0.3) is 0 Å². The molecule has 1 unspecified atom stereocenters. The van der Waals surface area contributed by atoms with Crippen molar-refractivity contribution >= 4 is 23.2 Å². The van der Waals surface area contributed by atoms with Crippen LogP contribution < -0.4 is 5.32 Å². The molecule has 19 heavy (non-hydrogen) atoms. The van der Waals surface area contributed by atoms with E-state index in [2.05, 4.69) is 19.9 Å². The van der Waals surface area contributed by atoms with Gasteiger partial charge in [0.2, 0.25) is 5.91 Å². The Morgan fingerprint density at radius 2 is 2.42 bits per heavy atom. The molecular formula is C13H13ClN4O. The quantitative estimate of drug-likeness (QED) is 0.855. The number of imidazole rings is 1. The van der Waals surface area contributed by atoms with E-state index in [4.69, 9.17) is 11.6 Å². The molecule has 1 N–H and O–H groups in total. The summed E-state index contributed by atoms with van der Waals surface area (Å²) in [7, 11) is 0. The minimum absolute atomic E-state index is 0.0117. The first-order valence-corrected chi connectivity index (χ1v) is 6.52. The third-order valence-corrected chi connectivity index (χ3v) is 3.66. The monoisotopic (exact) mass is 276 g/mol. The zero-order valence-electron chi connectivity index (χ0n) is 10.2. The Kier molecular flexibility index (Phi) is 3.21. The molecule has 0 spiro atoms. The maximum atomic E-state index is 12.2. The number of hydrogen-bond acceptors (Lipinski definition) is 3. The summed E-state index contributed by atoms with van der Waals surface area (Å²) >= 11 is 5.93. The van der Waals surface area contributed by atoms with Crippen molar-refractivity contribution in [2.45, 2.75) is 19.4 Å². The topological polar surface area (TPSA) is 59.8 Å². The van der Waals surface area contributed by atoms with Gasteiger partial charge in [-0.2, -0.15) is 0 Å². The molecule has 0 fully saturated rings. The molecule has 1 amide bonds. The number of nitrogens with zero attached hydrogens (tertiary/aromatic N) is 3. The van der Waals surface area contributed by atoms with E-state index in [0.29, 0.717) is 17.3 Å². The zero-order valence-corrected chi connectivity index (χ0v) is 11.0. The molecule has 3 rings (SSSR count). The predicted molar refractivity (Wildman–Crippen MR) is 71.9 cm³/mol. The van der Waals surface area contributed by atoms with E-state index in [9.17, 15) is 4.79 Å². The van der Waals surface area contributed by atoms with Crippen molar-refractivity contribution in [1.29, 1.82) is 0 Å². The van der Waals surface area contributed by atoms with Gasteiger partial charge in [-0.15, -0.1) is 0 Å². The highest BCUT2D eigenvalue weighted by atomic mass is 35.5. The number of hydrogen-bond donors (Lipinski definition) is 1. The van der Waals surface area contributed by atoms with Crippen molar-refractivity contribution < 1.29 is 4.79 Å². The smallest absolute Gasteiger partial charge is 0.228 e. The third kappa shape index (κ3) is 2.46. The van der Waals surface area contributed by atoms with E-state index >= 15 is 0 Å². The number of halogens is 1. The first kappa shape index (κ1) is 12.2. The summed E-state index contributed by atoms with van der Waals surface area (Å²) in [5.74, 6) is -0.0529. The summed E-state index contributed by atoms with van der Waals surface area (Å²) in [6, 6.07) is 3.50. The van der Waals surface area contributed by atoms with Crippen LogP contribution in [-0.4, -0.2) is 20.4 Å². The molecule has 0 aromatic carbocycles. The van der Waals surface area contributed by atoms with Crippen molar-refractivity contribution in [2.75, 3.05) is 5.32 Å². The van der Waals surface area contributed by atoms with Crippen molar-refractivity contribution in [2.24, 2.45) is 5.92 Å². The third-order valence-electron chi connectivity index (χ3n) is 3.36. The Hall–Kier alpha value is -1.88. The van der Waals surface area contributed by atoms with Gasteiger partial charge in [0.05, 0.1) is 12.0 Å². The summed E-state index contributed by atoms with van der Waals surface area (Å²) in [6.45, 7) is 0.828. The second-order valence-corrected chi connectivity index (χ2v) is 4.96. The zero-order chi connectivity index (χ0) is 13.2. The van der Waals surface area contributed by atoms with Crippen molar-refractivity contribution in [3.8, 4) is 0 Å². The van der Waals surface area contributed by atoms with Gasteiger partial charge < -0.3 is 9.88 Å². The molecular weight excluding hydrogens is 264 g/mol. The van der Waals surface area contributed by atoms with Gasteiger partial charge in [0.1, 0.15) is 0 Å². The number of aryl methyl sites for hydroxylation is 1. The highest BCUT2D eigenvalue weighted by Gasteiger charge is 2.25. The lowest BCUT2D eigenvalue weighted by molar-refractivity contribution is -0.120. The van der Waals surface area contributed by atoms with Crippen molar-refractivity contribution in [3.63, 3.8) is 0 Å². The van der Waals surface area contributed by atoms with Crippen LogP contribution in [0.5, 0.6) is 0 Å². The fourth-order valence-corrected chi connectivity index (χ4v) is 2.47. The normalized spacial score (nSPS) is 17.8. The lowest BCUT2D eigenvalue weighted by atomic mass is 9.95. The number of rotatable bonds is 2. The molecule has 0 saturated heterocycles. The maximum Gasteiger partial charge on any atom is 0.228 e. The second-order valence-electron chi connectivity index (χ2n) is 4.60. The van der Waals surface area contributed by atoms with Crippen LogP contribution in [0.3, 0.4) is 0 Å². The van der Waals surface area contributed by atoms with Gasteiger partial charge in [0.15, 0.2) is 5.15 Å². The van der Waals surface area contributed by atoms with Crippen LogP contribution in [0.15, 0.2) is 30.9 Å². The van der Waals surface area contributed by atoms with E-state index in [-0.39, 0.29) is 11.8 Å². The fourth-order valence-electron chi connectivity index (χ4n) is 2.31. The molecule has 1 aliphatic rings. The van der Waals surface area contributed by atoms with Crippen molar-refractivity contribution in [3.05, 3.63) is 41.7 Å². The number of nitrogens with one attached hydrogen (secondary N) is 1. The van der Waals surface area contributed by atoms with Crippen LogP contribution >= 0.6 is 11.6 Å². The van der Waals surface area contributed by atoms with Gasteiger partial charge >= 0.3 is 0 Å². The Labute approximate surface area is 115 Å². The van der Waals surface area contributed by atoms with Crippen LogP contribution in [0.2, 0.25) is 5.15 Å². The fraction of sp³-hybridized carbons (Fsp3) is 0.308. The molecule has 98 valence electrons. The lowest BCUT2D eigenvalue weighted by Gasteiger charge is -2.23. The van der Waals surface area contributed by atoms with E-state index < -0.39 is 0 Å².